The van der Waals surface area contributed by atoms with Crippen LogP contribution < -0.4 is 14.8 Å². The van der Waals surface area contributed by atoms with Crippen molar-refractivity contribution in [1.29, 1.82) is 0 Å². The summed E-state index contributed by atoms with van der Waals surface area (Å²) in [6, 6.07) is 3.28. The van der Waals surface area contributed by atoms with E-state index in [4.69, 9.17) is 4.74 Å². The Balaban J connectivity index is 0.000000223. The maximum absolute atomic E-state index is 11.9. The number of hydrogen-bond donors (Lipinski definition) is 3. The van der Waals surface area contributed by atoms with E-state index in [9.17, 15) is 18.3 Å². The smallest absolute Gasteiger partial charge is 0.280 e. The molecule has 0 bridgehead atoms. The first kappa shape index (κ1) is 26.4. The van der Waals surface area contributed by atoms with E-state index in [1.807, 2.05) is 13.8 Å². The monoisotopic (exact) mass is 520 g/mol. The minimum absolute atomic E-state index is 0.180. The molecule has 1 aliphatic rings. The van der Waals surface area contributed by atoms with Gasteiger partial charge in [-0.3, -0.25) is 19.5 Å². The van der Waals surface area contributed by atoms with Crippen molar-refractivity contribution >= 4 is 33.0 Å². The molecule has 0 aliphatic heterocycles. The molecule has 0 aromatic carbocycles. The number of sulfonamides is 1. The maximum Gasteiger partial charge on any atom is 0.280 e. The van der Waals surface area contributed by atoms with Crippen molar-refractivity contribution in [2.45, 2.75) is 44.5 Å². The molecule has 0 saturated heterocycles. The van der Waals surface area contributed by atoms with Gasteiger partial charge in [-0.05, 0) is 38.3 Å². The van der Waals surface area contributed by atoms with Gasteiger partial charge in [0, 0.05) is 25.1 Å². The number of carbonyl (C=O) groups excluding carboxylic acids is 1. The Kier molecular flexibility index (Phi) is 9.46. The molecule has 11 nitrogen and oxygen atoms in total. The first-order valence-corrected chi connectivity index (χ1v) is 13.5. The van der Waals surface area contributed by atoms with Crippen molar-refractivity contribution in [3.8, 4) is 16.5 Å². The van der Waals surface area contributed by atoms with Crippen LogP contribution in [0, 0.1) is 0 Å². The van der Waals surface area contributed by atoms with Crippen molar-refractivity contribution < 1.29 is 23.1 Å². The van der Waals surface area contributed by atoms with Gasteiger partial charge in [0.2, 0.25) is 15.9 Å². The summed E-state index contributed by atoms with van der Waals surface area (Å²) >= 11 is 1.22. The predicted octanol–water partition coefficient (Wildman–Crippen LogP) is 2.49. The Morgan fingerprint density at radius 1 is 1.20 bits per heavy atom. The van der Waals surface area contributed by atoms with Crippen LogP contribution in [-0.4, -0.2) is 63.9 Å². The van der Waals surface area contributed by atoms with Gasteiger partial charge in [-0.1, -0.05) is 6.92 Å². The molecule has 13 heteroatoms. The summed E-state index contributed by atoms with van der Waals surface area (Å²) in [4.78, 5) is 28.9. The van der Waals surface area contributed by atoms with E-state index in [0.717, 1.165) is 17.7 Å². The highest BCUT2D eigenvalue weighted by Gasteiger charge is 2.35. The van der Waals surface area contributed by atoms with E-state index in [0.29, 0.717) is 35.3 Å². The summed E-state index contributed by atoms with van der Waals surface area (Å²) < 4.78 is 30.7. The Bertz CT molecular complexity index is 1200. The fraction of sp³-hybridized carbons (Fsp3) is 0.409. The van der Waals surface area contributed by atoms with E-state index in [1.54, 1.807) is 36.9 Å². The fourth-order valence-corrected chi connectivity index (χ4v) is 4.83. The zero-order valence-corrected chi connectivity index (χ0v) is 21.1. The average molecular weight is 521 g/mol. The summed E-state index contributed by atoms with van der Waals surface area (Å²) in [7, 11) is -3.12. The minimum atomic E-state index is -3.12. The van der Waals surface area contributed by atoms with Crippen LogP contribution in [0.25, 0.3) is 10.6 Å². The van der Waals surface area contributed by atoms with Gasteiger partial charge in [-0.15, -0.1) is 11.3 Å². The van der Waals surface area contributed by atoms with Crippen LogP contribution in [-0.2, 0) is 10.0 Å². The fourth-order valence-electron chi connectivity index (χ4n) is 2.66. The quantitative estimate of drug-likeness (QED) is 0.365. The lowest BCUT2D eigenvalue weighted by Crippen LogP contribution is -2.31. The van der Waals surface area contributed by atoms with Crippen molar-refractivity contribution in [2.75, 3.05) is 17.9 Å². The van der Waals surface area contributed by atoms with Gasteiger partial charge in [0.1, 0.15) is 5.69 Å². The SMILES string of the molecule is CCOc1cncc(-c2cnc(C(=O)NCC(O)CC)s2)n1.O=S(=O)(Nc1ccncc1)C1CC1. The highest BCUT2D eigenvalue weighted by atomic mass is 32.2. The molecule has 4 rings (SSSR count). The highest BCUT2D eigenvalue weighted by molar-refractivity contribution is 7.93. The van der Waals surface area contributed by atoms with Gasteiger partial charge in [0.05, 0.1) is 40.9 Å². The van der Waals surface area contributed by atoms with E-state index in [1.165, 1.54) is 17.5 Å². The predicted molar refractivity (Wildman–Crippen MR) is 133 cm³/mol. The lowest BCUT2D eigenvalue weighted by Gasteiger charge is -2.07. The molecule has 3 N–H and O–H groups in total. The number of thiazole rings is 1. The lowest BCUT2D eigenvalue weighted by atomic mass is 10.3. The summed E-state index contributed by atoms with van der Waals surface area (Å²) in [5, 5.41) is 12.2. The molecule has 1 saturated carbocycles. The highest BCUT2D eigenvalue weighted by Crippen LogP contribution is 2.29. The molecule has 1 fully saturated rings. The maximum atomic E-state index is 11.9. The Hall–Kier alpha value is -3.16. The minimum Gasteiger partial charge on any atom is -0.477 e. The molecule has 0 radical (unpaired) electrons. The van der Waals surface area contributed by atoms with Gasteiger partial charge in [-0.25, -0.2) is 18.4 Å². The number of anilines is 1. The third-order valence-corrected chi connectivity index (χ3v) is 7.62. The number of aliphatic hydroxyl groups excluding tert-OH is 1. The molecule has 1 aliphatic carbocycles. The molecule has 3 aromatic heterocycles. The Morgan fingerprint density at radius 3 is 2.60 bits per heavy atom. The van der Waals surface area contributed by atoms with Gasteiger partial charge < -0.3 is 15.2 Å². The molecular formula is C22H28N6O5S2. The largest absolute Gasteiger partial charge is 0.477 e. The van der Waals surface area contributed by atoms with E-state index < -0.39 is 16.1 Å². The first-order valence-electron chi connectivity index (χ1n) is 11.1. The van der Waals surface area contributed by atoms with Crippen molar-refractivity contribution in [1.82, 2.24) is 25.3 Å². The molecule has 1 amide bonds. The molecule has 1 unspecified atom stereocenters. The van der Waals surface area contributed by atoms with Crippen LogP contribution in [0.4, 0.5) is 5.69 Å². The van der Waals surface area contributed by atoms with E-state index in [2.05, 4.69) is 30.0 Å². The van der Waals surface area contributed by atoms with Gasteiger partial charge in [0.15, 0.2) is 5.01 Å². The second-order valence-electron chi connectivity index (χ2n) is 7.56. The number of aliphatic hydroxyl groups is 1. The lowest BCUT2D eigenvalue weighted by molar-refractivity contribution is 0.0913. The number of nitrogens with zero attached hydrogens (tertiary/aromatic N) is 4. The van der Waals surface area contributed by atoms with Crippen LogP contribution >= 0.6 is 11.3 Å². The number of hydrogen-bond acceptors (Lipinski definition) is 10. The van der Waals surface area contributed by atoms with Crippen LogP contribution in [0.1, 0.15) is 42.9 Å². The van der Waals surface area contributed by atoms with Crippen LogP contribution in [0.3, 0.4) is 0 Å². The van der Waals surface area contributed by atoms with Crippen molar-refractivity contribution in [3.05, 3.63) is 48.1 Å². The Morgan fingerprint density at radius 2 is 1.94 bits per heavy atom. The molecule has 188 valence electrons. The normalized spacial score (nSPS) is 13.8. The van der Waals surface area contributed by atoms with Crippen molar-refractivity contribution in [2.24, 2.45) is 0 Å². The third-order valence-electron chi connectivity index (χ3n) is 4.73. The summed E-state index contributed by atoms with van der Waals surface area (Å²) in [5.74, 6) is 0.128. The van der Waals surface area contributed by atoms with Crippen LogP contribution in [0.2, 0.25) is 0 Å². The number of carbonyl (C=O) groups is 1. The molecule has 0 spiro atoms. The van der Waals surface area contributed by atoms with Crippen LogP contribution in [0.5, 0.6) is 5.88 Å². The van der Waals surface area contributed by atoms with Gasteiger partial charge >= 0.3 is 0 Å². The number of amides is 1. The average Bonchev–Trinajstić information content (AvgIpc) is 3.61. The van der Waals surface area contributed by atoms with E-state index >= 15 is 0 Å². The molecule has 3 heterocycles. The first-order chi connectivity index (χ1) is 16.8. The Labute approximate surface area is 208 Å². The van der Waals surface area contributed by atoms with Crippen molar-refractivity contribution in [3.63, 3.8) is 0 Å². The number of ether oxygens (including phenoxy) is 1. The second-order valence-corrected chi connectivity index (χ2v) is 10.6. The number of aromatic nitrogens is 4. The summed E-state index contributed by atoms with van der Waals surface area (Å²) in [5.41, 5.74) is 1.19. The van der Waals surface area contributed by atoms with Gasteiger partial charge in [0.25, 0.3) is 5.91 Å². The summed E-state index contributed by atoms with van der Waals surface area (Å²) in [6.45, 7) is 4.44. The number of pyridine rings is 1. The topological polar surface area (TPSA) is 156 Å². The number of rotatable bonds is 10. The van der Waals surface area contributed by atoms with Crippen LogP contribution in [0.15, 0.2) is 43.1 Å². The summed E-state index contributed by atoms with van der Waals surface area (Å²) in [6.07, 6.45) is 9.43. The standard InChI is InChI=1S/C14H18N4O3S.C8H10N2O2S/c1-3-9(19)5-16-13(20)14-17-7-11(22-14)10-6-15-8-12(18-10)21-4-2;11-13(12,8-1-2-8)10-7-3-5-9-6-4-7/h6-9,19H,3-5H2,1-2H3,(H,16,20);3-6,8H,1-2H2,(H,9,10). The second kappa shape index (κ2) is 12.5. The zero-order chi connectivity index (χ0) is 25.3. The molecule has 35 heavy (non-hydrogen) atoms. The molecule has 3 aromatic rings. The van der Waals surface area contributed by atoms with E-state index in [-0.39, 0.29) is 17.7 Å². The third kappa shape index (κ3) is 8.23. The zero-order valence-electron chi connectivity index (χ0n) is 19.4. The molecular weight excluding hydrogens is 492 g/mol. The van der Waals surface area contributed by atoms with Gasteiger partial charge in [-0.2, -0.15) is 0 Å². The molecule has 1 atom stereocenters. The number of nitrogens with one attached hydrogen (secondary N) is 2.